The van der Waals surface area contributed by atoms with Gasteiger partial charge in [0.25, 0.3) is 5.88 Å². The summed E-state index contributed by atoms with van der Waals surface area (Å²) >= 11 is 3.30. The van der Waals surface area contributed by atoms with Crippen molar-refractivity contribution in [2.75, 3.05) is 13.2 Å². The van der Waals surface area contributed by atoms with Gasteiger partial charge in [-0.25, -0.2) is 0 Å². The van der Waals surface area contributed by atoms with Crippen LogP contribution in [0.4, 0.5) is 0 Å². The zero-order valence-corrected chi connectivity index (χ0v) is 15.0. The highest BCUT2D eigenvalue weighted by atomic mass is 79.9. The van der Waals surface area contributed by atoms with Crippen molar-refractivity contribution in [3.05, 3.63) is 11.8 Å². The molecule has 0 radical (unpaired) electrons. The molecule has 0 aromatic carbocycles. The van der Waals surface area contributed by atoms with Crippen molar-refractivity contribution in [3.63, 3.8) is 0 Å². The van der Waals surface area contributed by atoms with E-state index < -0.39 is 8.32 Å². The van der Waals surface area contributed by atoms with E-state index in [4.69, 9.17) is 13.7 Å². The molecule has 1 heterocycles. The summed E-state index contributed by atoms with van der Waals surface area (Å²) in [6.45, 7) is 12.6. The zero-order chi connectivity index (χ0) is 14.5. The van der Waals surface area contributed by atoms with Crippen LogP contribution in [0.1, 0.15) is 33.0 Å². The van der Waals surface area contributed by atoms with Crippen LogP contribution in [0.2, 0.25) is 18.1 Å². The van der Waals surface area contributed by atoms with Gasteiger partial charge in [0.15, 0.2) is 14.1 Å². The largest absolute Gasteiger partial charge is 0.475 e. The topological polar surface area (TPSA) is 44.5 Å². The molecule has 1 aromatic heterocycles. The van der Waals surface area contributed by atoms with E-state index in [1.54, 1.807) is 6.07 Å². The van der Waals surface area contributed by atoms with Crippen LogP contribution in [0.5, 0.6) is 5.88 Å². The Bertz CT molecular complexity index is 387. The molecule has 0 spiro atoms. The molecule has 0 bridgehead atoms. The van der Waals surface area contributed by atoms with Gasteiger partial charge in [-0.1, -0.05) is 36.7 Å². The second kappa shape index (κ2) is 6.90. The van der Waals surface area contributed by atoms with E-state index in [0.29, 0.717) is 17.8 Å². The van der Waals surface area contributed by atoms with Crippen molar-refractivity contribution in [3.8, 4) is 5.88 Å². The van der Waals surface area contributed by atoms with Gasteiger partial charge in [-0.05, 0) is 23.3 Å². The van der Waals surface area contributed by atoms with Crippen LogP contribution in [0.3, 0.4) is 0 Å². The minimum atomic E-state index is -1.63. The summed E-state index contributed by atoms with van der Waals surface area (Å²) in [5.41, 5.74) is 0. The average molecular weight is 350 g/mol. The van der Waals surface area contributed by atoms with Gasteiger partial charge in [-0.15, -0.1) is 0 Å². The highest BCUT2D eigenvalue weighted by Gasteiger charge is 2.36. The molecule has 4 nitrogen and oxygen atoms in total. The predicted molar refractivity (Wildman–Crippen MR) is 82.4 cm³/mol. The minimum absolute atomic E-state index is 0.255. The number of hydrogen-bond donors (Lipinski definition) is 0. The number of nitrogens with zero attached hydrogens (tertiary/aromatic N) is 1. The maximum absolute atomic E-state index is 6.07. The number of halogens is 1. The van der Waals surface area contributed by atoms with Crippen LogP contribution in [0.15, 0.2) is 10.6 Å². The Morgan fingerprint density at radius 2 is 2.00 bits per heavy atom. The lowest BCUT2D eigenvalue weighted by Gasteiger charge is -2.36. The molecule has 0 atom stereocenters. The molecular formula is C13H24BrNO3Si. The number of ether oxygens (including phenoxy) is 1. The molecule has 0 saturated heterocycles. The van der Waals surface area contributed by atoms with Crippen LogP contribution in [-0.4, -0.2) is 26.7 Å². The number of alkyl halides is 1. The van der Waals surface area contributed by atoms with Gasteiger partial charge in [0.1, 0.15) is 0 Å². The molecule has 0 saturated carbocycles. The van der Waals surface area contributed by atoms with Gasteiger partial charge >= 0.3 is 0 Å². The molecule has 0 N–H and O–H groups in total. The lowest BCUT2D eigenvalue weighted by Crippen LogP contribution is -2.41. The Kier molecular flexibility index (Phi) is 6.07. The Balaban J connectivity index is 2.21. The van der Waals surface area contributed by atoms with Crippen LogP contribution in [0.25, 0.3) is 0 Å². The fraction of sp³-hybridized carbons (Fsp3) is 0.769. The van der Waals surface area contributed by atoms with Crippen molar-refractivity contribution < 1.29 is 13.7 Å². The molecule has 110 valence electrons. The summed E-state index contributed by atoms with van der Waals surface area (Å²) in [6.07, 6.45) is 0.864. The first kappa shape index (κ1) is 16.7. The summed E-state index contributed by atoms with van der Waals surface area (Å²) in [6, 6.07) is 1.80. The van der Waals surface area contributed by atoms with Crippen LogP contribution in [-0.2, 0) is 9.76 Å². The van der Waals surface area contributed by atoms with Crippen molar-refractivity contribution in [1.82, 2.24) is 5.16 Å². The third kappa shape index (κ3) is 5.28. The van der Waals surface area contributed by atoms with Gasteiger partial charge in [-0.2, -0.15) is 0 Å². The highest BCUT2D eigenvalue weighted by molar-refractivity contribution is 9.08. The SMILES string of the molecule is CC(C)(C)[Si](C)(C)OCCCOc1cc(CBr)on1. The van der Waals surface area contributed by atoms with E-state index in [0.717, 1.165) is 18.8 Å². The first-order valence-electron chi connectivity index (χ1n) is 6.54. The lowest BCUT2D eigenvalue weighted by molar-refractivity contribution is 0.222. The number of hydrogen-bond acceptors (Lipinski definition) is 4. The van der Waals surface area contributed by atoms with E-state index in [2.05, 4.69) is 55.0 Å². The fourth-order valence-corrected chi connectivity index (χ4v) is 2.56. The molecule has 19 heavy (non-hydrogen) atoms. The van der Waals surface area contributed by atoms with Crippen molar-refractivity contribution >= 4 is 24.2 Å². The molecule has 0 aliphatic heterocycles. The van der Waals surface area contributed by atoms with Gasteiger partial charge < -0.3 is 13.7 Å². The minimum Gasteiger partial charge on any atom is -0.475 e. The first-order valence-corrected chi connectivity index (χ1v) is 10.6. The maximum Gasteiger partial charge on any atom is 0.254 e. The number of aromatic nitrogens is 1. The standard InChI is InChI=1S/C13H24BrNO3Si/c1-13(2,3)19(4,5)17-8-6-7-16-12-9-11(10-14)18-15-12/h9H,6-8,10H2,1-5H3. The maximum atomic E-state index is 6.07. The molecule has 1 rings (SSSR count). The number of rotatable bonds is 7. The van der Waals surface area contributed by atoms with E-state index in [1.165, 1.54) is 0 Å². The zero-order valence-electron chi connectivity index (χ0n) is 12.5. The summed E-state index contributed by atoms with van der Waals surface area (Å²) in [4.78, 5) is 0. The van der Waals surface area contributed by atoms with E-state index in [9.17, 15) is 0 Å². The third-order valence-electron chi connectivity index (χ3n) is 3.48. The van der Waals surface area contributed by atoms with Gasteiger partial charge in [0, 0.05) is 19.1 Å². The summed E-state index contributed by atoms with van der Waals surface area (Å²) in [5, 5.41) is 4.72. The molecule has 6 heteroatoms. The average Bonchev–Trinajstić information content (AvgIpc) is 2.75. The van der Waals surface area contributed by atoms with Crippen LogP contribution >= 0.6 is 15.9 Å². The quantitative estimate of drug-likeness (QED) is 0.416. The van der Waals surface area contributed by atoms with Gasteiger partial charge in [0.2, 0.25) is 0 Å². The Morgan fingerprint density at radius 1 is 1.32 bits per heavy atom. The monoisotopic (exact) mass is 349 g/mol. The molecule has 0 unspecified atom stereocenters. The molecule has 0 amide bonds. The lowest BCUT2D eigenvalue weighted by atomic mass is 10.2. The normalized spacial score (nSPS) is 12.7. The van der Waals surface area contributed by atoms with E-state index >= 15 is 0 Å². The van der Waals surface area contributed by atoms with E-state index in [-0.39, 0.29) is 5.04 Å². The third-order valence-corrected chi connectivity index (χ3v) is 8.57. The van der Waals surface area contributed by atoms with Gasteiger partial charge in [-0.3, -0.25) is 0 Å². The second-order valence-electron chi connectivity index (χ2n) is 6.08. The highest BCUT2D eigenvalue weighted by Crippen LogP contribution is 2.36. The Hall–Kier alpha value is -0.333. The summed E-state index contributed by atoms with van der Waals surface area (Å²) in [7, 11) is -1.63. The van der Waals surface area contributed by atoms with Crippen LogP contribution in [0, 0.1) is 0 Å². The van der Waals surface area contributed by atoms with Gasteiger partial charge in [0.05, 0.1) is 11.9 Å². The fourth-order valence-electron chi connectivity index (χ4n) is 1.20. The van der Waals surface area contributed by atoms with Crippen LogP contribution < -0.4 is 4.74 Å². The molecule has 0 aliphatic rings. The van der Waals surface area contributed by atoms with Crippen molar-refractivity contribution in [2.45, 2.75) is 50.7 Å². The Morgan fingerprint density at radius 3 is 2.53 bits per heavy atom. The predicted octanol–water partition coefficient (Wildman–Crippen LogP) is 4.36. The van der Waals surface area contributed by atoms with E-state index in [1.807, 2.05) is 0 Å². The Labute approximate surface area is 125 Å². The molecule has 0 fully saturated rings. The molecule has 0 aliphatic carbocycles. The molecular weight excluding hydrogens is 326 g/mol. The van der Waals surface area contributed by atoms with Crippen molar-refractivity contribution in [2.24, 2.45) is 0 Å². The smallest absolute Gasteiger partial charge is 0.254 e. The summed E-state index contributed by atoms with van der Waals surface area (Å²) in [5.74, 6) is 1.31. The summed E-state index contributed by atoms with van der Waals surface area (Å²) < 4.78 is 16.6. The first-order chi connectivity index (χ1) is 8.76. The molecule has 1 aromatic rings. The van der Waals surface area contributed by atoms with Crippen molar-refractivity contribution in [1.29, 1.82) is 0 Å². The second-order valence-corrected chi connectivity index (χ2v) is 11.4.